The van der Waals surface area contributed by atoms with Gasteiger partial charge in [0.05, 0.1) is 11.5 Å². The van der Waals surface area contributed by atoms with E-state index >= 15 is 0 Å². The Labute approximate surface area is 106 Å². The van der Waals surface area contributed by atoms with Crippen LogP contribution in [0.5, 0.6) is 5.75 Å². The minimum Gasteiger partial charge on any atom is -0.494 e. The maximum atomic E-state index is 10.2. The summed E-state index contributed by atoms with van der Waals surface area (Å²) in [5.74, 6) is 1.36. The molecule has 1 aromatic rings. The van der Waals surface area contributed by atoms with Crippen LogP contribution >= 0.6 is 11.6 Å². The average Bonchev–Trinajstić information content (AvgIpc) is 2.32. The zero-order valence-electron chi connectivity index (χ0n) is 9.98. The molecule has 17 heavy (non-hydrogen) atoms. The Bertz CT molecular complexity index is 315. The van der Waals surface area contributed by atoms with E-state index in [4.69, 9.17) is 16.3 Å². The maximum Gasteiger partial charge on any atom is 0.269 e. The van der Waals surface area contributed by atoms with Crippen molar-refractivity contribution < 1.29 is 9.66 Å². The van der Waals surface area contributed by atoms with Crippen LogP contribution in [0.3, 0.4) is 0 Å². The fourth-order valence-corrected chi connectivity index (χ4v) is 1.11. The third-order valence-corrected chi connectivity index (χ3v) is 1.89. The number of ether oxygens (including phenoxy) is 1. The highest BCUT2D eigenvalue weighted by molar-refractivity contribution is 6.18. The first-order valence-electron chi connectivity index (χ1n) is 5.23. The van der Waals surface area contributed by atoms with Gasteiger partial charge in [-0.3, -0.25) is 10.1 Å². The van der Waals surface area contributed by atoms with Crippen LogP contribution in [0.4, 0.5) is 5.69 Å². The zero-order chi connectivity index (χ0) is 13.1. The molecule has 0 aromatic heterocycles. The molecule has 6 heteroatoms. The molecule has 0 aliphatic carbocycles. The second kappa shape index (κ2) is 9.86. The van der Waals surface area contributed by atoms with E-state index in [1.54, 1.807) is 12.1 Å². The standard InChI is InChI=1S/C8H9NO3.C3H8ClN/c1-2-12-8-5-3-7(4-6-8)9(10)11;1-5-3-2-4/h3-6H,2H2,1H3;5H,2-3H2,1H3. The molecule has 5 nitrogen and oxygen atoms in total. The Balaban J connectivity index is 0.000000437. The van der Waals surface area contributed by atoms with Crippen molar-refractivity contribution in [2.24, 2.45) is 0 Å². The van der Waals surface area contributed by atoms with Crippen molar-refractivity contribution >= 4 is 17.3 Å². The number of rotatable bonds is 5. The number of nitrogens with zero attached hydrogens (tertiary/aromatic N) is 1. The summed E-state index contributed by atoms with van der Waals surface area (Å²) in [6, 6.07) is 6.01. The summed E-state index contributed by atoms with van der Waals surface area (Å²) in [6.45, 7) is 3.33. The van der Waals surface area contributed by atoms with Crippen molar-refractivity contribution in [1.29, 1.82) is 0 Å². The first-order chi connectivity index (χ1) is 8.15. The lowest BCUT2D eigenvalue weighted by molar-refractivity contribution is -0.384. The third-order valence-electron chi connectivity index (χ3n) is 1.70. The molecule has 0 fully saturated rings. The lowest BCUT2D eigenvalue weighted by Gasteiger charge is -2.00. The van der Waals surface area contributed by atoms with Crippen LogP contribution in [0.2, 0.25) is 0 Å². The van der Waals surface area contributed by atoms with Gasteiger partial charge in [0.2, 0.25) is 0 Å². The number of hydrogen-bond acceptors (Lipinski definition) is 4. The lowest BCUT2D eigenvalue weighted by Crippen LogP contribution is -2.07. The van der Waals surface area contributed by atoms with Gasteiger partial charge >= 0.3 is 0 Å². The monoisotopic (exact) mass is 260 g/mol. The van der Waals surface area contributed by atoms with Gasteiger partial charge < -0.3 is 10.1 Å². The van der Waals surface area contributed by atoms with Gasteiger partial charge in [0.15, 0.2) is 0 Å². The molecule has 0 saturated heterocycles. The van der Waals surface area contributed by atoms with E-state index in [1.807, 2.05) is 14.0 Å². The number of benzene rings is 1. The van der Waals surface area contributed by atoms with Gasteiger partial charge in [-0.25, -0.2) is 0 Å². The number of hydrogen-bond donors (Lipinski definition) is 1. The van der Waals surface area contributed by atoms with Crippen molar-refractivity contribution in [2.75, 3.05) is 26.1 Å². The van der Waals surface area contributed by atoms with Crippen LogP contribution in [0.15, 0.2) is 24.3 Å². The second-order valence-electron chi connectivity index (χ2n) is 2.98. The molecule has 0 saturated carbocycles. The number of halogens is 1. The minimum absolute atomic E-state index is 0.0819. The molecule has 0 aliphatic heterocycles. The molecule has 0 spiro atoms. The molecular formula is C11H17ClN2O3. The lowest BCUT2D eigenvalue weighted by atomic mass is 10.3. The predicted octanol–water partition coefficient (Wildman–Crippen LogP) is 2.44. The number of non-ortho nitro benzene ring substituents is 1. The number of nitro benzene ring substituents is 1. The van der Waals surface area contributed by atoms with Crippen molar-refractivity contribution in [3.05, 3.63) is 34.4 Å². The van der Waals surface area contributed by atoms with Gasteiger partial charge in [-0.15, -0.1) is 11.6 Å². The average molecular weight is 261 g/mol. The molecular weight excluding hydrogens is 244 g/mol. The van der Waals surface area contributed by atoms with E-state index in [2.05, 4.69) is 5.32 Å². The van der Waals surface area contributed by atoms with Crippen LogP contribution in [0.25, 0.3) is 0 Å². The van der Waals surface area contributed by atoms with Crippen LogP contribution in [-0.2, 0) is 0 Å². The Morgan fingerprint density at radius 2 is 2.00 bits per heavy atom. The summed E-state index contributed by atoms with van der Waals surface area (Å²) >= 11 is 5.24. The van der Waals surface area contributed by atoms with Crippen molar-refractivity contribution in [1.82, 2.24) is 5.32 Å². The van der Waals surface area contributed by atoms with E-state index in [1.165, 1.54) is 12.1 Å². The fourth-order valence-electron chi connectivity index (χ4n) is 0.925. The van der Waals surface area contributed by atoms with Gasteiger partial charge in [-0.05, 0) is 26.1 Å². The number of nitro groups is 1. The largest absolute Gasteiger partial charge is 0.494 e. The first-order valence-corrected chi connectivity index (χ1v) is 5.77. The summed E-state index contributed by atoms with van der Waals surface area (Å²) in [6.07, 6.45) is 0. The Morgan fingerprint density at radius 1 is 1.41 bits per heavy atom. The zero-order valence-corrected chi connectivity index (χ0v) is 10.7. The molecule has 0 atom stereocenters. The Morgan fingerprint density at radius 3 is 2.29 bits per heavy atom. The van der Waals surface area contributed by atoms with Crippen LogP contribution < -0.4 is 10.1 Å². The highest BCUT2D eigenvalue weighted by Crippen LogP contribution is 2.16. The van der Waals surface area contributed by atoms with E-state index in [-0.39, 0.29) is 5.69 Å². The maximum absolute atomic E-state index is 10.2. The van der Waals surface area contributed by atoms with Crippen LogP contribution in [-0.4, -0.2) is 31.0 Å². The number of nitrogens with one attached hydrogen (secondary N) is 1. The molecule has 1 aromatic carbocycles. The molecule has 0 aliphatic rings. The molecule has 0 bridgehead atoms. The Hall–Kier alpha value is -1.33. The highest BCUT2D eigenvalue weighted by Gasteiger charge is 2.03. The summed E-state index contributed by atoms with van der Waals surface area (Å²) in [5, 5.41) is 13.1. The number of alkyl halides is 1. The van der Waals surface area contributed by atoms with Crippen LogP contribution in [0, 0.1) is 10.1 Å². The molecule has 0 unspecified atom stereocenters. The van der Waals surface area contributed by atoms with Crippen molar-refractivity contribution in [3.8, 4) is 5.75 Å². The van der Waals surface area contributed by atoms with E-state index in [9.17, 15) is 10.1 Å². The van der Waals surface area contributed by atoms with Crippen molar-refractivity contribution in [2.45, 2.75) is 6.92 Å². The minimum atomic E-state index is -0.435. The smallest absolute Gasteiger partial charge is 0.269 e. The van der Waals surface area contributed by atoms with Gasteiger partial charge in [-0.1, -0.05) is 0 Å². The predicted molar refractivity (Wildman–Crippen MR) is 68.9 cm³/mol. The molecule has 96 valence electrons. The summed E-state index contributed by atoms with van der Waals surface area (Å²) in [5.41, 5.74) is 0.0819. The third kappa shape index (κ3) is 7.54. The molecule has 1 N–H and O–H groups in total. The molecule has 0 radical (unpaired) electrons. The highest BCUT2D eigenvalue weighted by atomic mass is 35.5. The van der Waals surface area contributed by atoms with Gasteiger partial charge in [0.1, 0.15) is 5.75 Å². The fraction of sp³-hybridized carbons (Fsp3) is 0.455. The summed E-state index contributed by atoms with van der Waals surface area (Å²) in [4.78, 5) is 9.80. The second-order valence-corrected chi connectivity index (χ2v) is 3.35. The normalized spacial score (nSPS) is 9.12. The summed E-state index contributed by atoms with van der Waals surface area (Å²) < 4.78 is 5.12. The molecule has 0 amide bonds. The van der Waals surface area contributed by atoms with Crippen molar-refractivity contribution in [3.63, 3.8) is 0 Å². The van der Waals surface area contributed by atoms with E-state index < -0.39 is 4.92 Å². The van der Waals surface area contributed by atoms with Gasteiger partial charge in [0.25, 0.3) is 5.69 Å². The summed E-state index contributed by atoms with van der Waals surface area (Å²) in [7, 11) is 1.88. The van der Waals surface area contributed by atoms with Gasteiger partial charge in [0, 0.05) is 24.6 Å². The van der Waals surface area contributed by atoms with E-state index in [0.717, 1.165) is 6.54 Å². The van der Waals surface area contributed by atoms with Crippen LogP contribution in [0.1, 0.15) is 6.92 Å². The quantitative estimate of drug-likeness (QED) is 0.502. The van der Waals surface area contributed by atoms with Gasteiger partial charge in [-0.2, -0.15) is 0 Å². The molecule has 0 heterocycles. The van der Waals surface area contributed by atoms with E-state index in [0.29, 0.717) is 18.2 Å². The first kappa shape index (κ1) is 15.7. The molecule has 1 rings (SSSR count). The topological polar surface area (TPSA) is 64.4 Å². The Kier molecular flexibility index (Phi) is 9.09. The SMILES string of the molecule is CCOc1ccc([N+](=O)[O-])cc1.CNCCCl.